The first-order chi connectivity index (χ1) is 8.26. The first kappa shape index (κ1) is 13.0. The van der Waals surface area contributed by atoms with Gasteiger partial charge in [0.2, 0.25) is 0 Å². The molecule has 1 saturated carbocycles. The highest BCUT2D eigenvalue weighted by molar-refractivity contribution is 14.1. The molecule has 5 heteroatoms. The number of nitrogens with one attached hydrogen (secondary N) is 1. The zero-order valence-corrected chi connectivity index (χ0v) is 12.5. The monoisotopic (exact) mass is 347 g/mol. The highest BCUT2D eigenvalue weighted by Gasteiger charge is 2.28. The number of hydrogen-bond acceptors (Lipinski definition) is 4. The molecule has 0 radical (unpaired) electrons. The van der Waals surface area contributed by atoms with Gasteiger partial charge in [-0.15, -0.1) is 0 Å². The molecule has 0 unspecified atom stereocenters. The molecule has 4 nitrogen and oxygen atoms in total. The summed E-state index contributed by atoms with van der Waals surface area (Å²) in [6.07, 6.45) is 3.54. The smallest absolute Gasteiger partial charge is 0.143 e. The van der Waals surface area contributed by atoms with Crippen molar-refractivity contribution in [3.63, 3.8) is 0 Å². The van der Waals surface area contributed by atoms with E-state index in [9.17, 15) is 0 Å². The number of ether oxygens (including phenoxy) is 1. The molecule has 1 aromatic rings. The molecule has 1 fully saturated rings. The van der Waals surface area contributed by atoms with Gasteiger partial charge in [0.05, 0.1) is 15.9 Å². The Morgan fingerprint density at radius 1 is 1.41 bits per heavy atom. The lowest BCUT2D eigenvalue weighted by Gasteiger charge is -2.12. The van der Waals surface area contributed by atoms with Crippen LogP contribution >= 0.6 is 22.6 Å². The van der Waals surface area contributed by atoms with Crippen molar-refractivity contribution in [1.82, 2.24) is 9.97 Å². The second-order valence-corrected chi connectivity index (χ2v) is 5.40. The van der Waals surface area contributed by atoms with Crippen molar-refractivity contribution < 1.29 is 4.74 Å². The van der Waals surface area contributed by atoms with Crippen LogP contribution in [0.2, 0.25) is 0 Å². The summed E-state index contributed by atoms with van der Waals surface area (Å²) >= 11 is 2.30. The van der Waals surface area contributed by atoms with Crippen LogP contribution in [0.25, 0.3) is 0 Å². The van der Waals surface area contributed by atoms with Crippen LogP contribution in [-0.2, 0) is 11.3 Å². The third-order valence-corrected chi connectivity index (χ3v) is 3.84. The summed E-state index contributed by atoms with van der Waals surface area (Å²) in [6.45, 7) is 3.66. The van der Waals surface area contributed by atoms with Crippen LogP contribution in [0.1, 0.15) is 43.6 Å². The van der Waals surface area contributed by atoms with E-state index in [1.54, 1.807) is 7.11 Å². The third-order valence-electron chi connectivity index (χ3n) is 2.70. The van der Waals surface area contributed by atoms with Crippen molar-refractivity contribution in [2.24, 2.45) is 0 Å². The van der Waals surface area contributed by atoms with E-state index >= 15 is 0 Å². The van der Waals surface area contributed by atoms with Gasteiger partial charge in [0.1, 0.15) is 11.6 Å². The minimum Gasteiger partial charge on any atom is -0.378 e. The minimum atomic E-state index is 0.557. The maximum atomic E-state index is 5.20. The molecule has 0 amide bonds. The Balaban J connectivity index is 2.27. The molecule has 0 saturated heterocycles. The van der Waals surface area contributed by atoms with E-state index < -0.39 is 0 Å². The van der Waals surface area contributed by atoms with E-state index in [1.165, 1.54) is 12.8 Å². The van der Waals surface area contributed by atoms with Crippen LogP contribution in [0.15, 0.2) is 0 Å². The van der Waals surface area contributed by atoms with Gasteiger partial charge in [0.25, 0.3) is 0 Å². The van der Waals surface area contributed by atoms with E-state index in [1.807, 2.05) is 0 Å². The standard InChI is InChI=1S/C12H18IN3O/c1-3-6-14-12-10(13)9(7-17-2)15-11(16-12)8-4-5-8/h8H,3-7H2,1-2H3,(H,14,15,16). The summed E-state index contributed by atoms with van der Waals surface area (Å²) in [5, 5.41) is 3.37. The second kappa shape index (κ2) is 5.95. The summed E-state index contributed by atoms with van der Waals surface area (Å²) in [7, 11) is 1.70. The molecule has 0 aliphatic heterocycles. The number of hydrogen-bond donors (Lipinski definition) is 1. The predicted molar refractivity (Wildman–Crippen MR) is 76.2 cm³/mol. The van der Waals surface area contributed by atoms with Crippen molar-refractivity contribution in [2.45, 2.75) is 38.7 Å². The van der Waals surface area contributed by atoms with Crippen LogP contribution < -0.4 is 5.32 Å². The highest BCUT2D eigenvalue weighted by Crippen LogP contribution is 2.39. The molecule has 94 valence electrons. The van der Waals surface area contributed by atoms with Crippen molar-refractivity contribution >= 4 is 28.4 Å². The van der Waals surface area contributed by atoms with Crippen LogP contribution in [-0.4, -0.2) is 23.6 Å². The number of rotatable bonds is 6. The van der Waals surface area contributed by atoms with E-state index in [0.29, 0.717) is 12.5 Å². The molecule has 1 aliphatic rings. The number of anilines is 1. The van der Waals surface area contributed by atoms with E-state index in [4.69, 9.17) is 4.74 Å². The Kier molecular flexibility index (Phi) is 4.55. The van der Waals surface area contributed by atoms with E-state index in [-0.39, 0.29) is 0 Å². The summed E-state index contributed by atoms with van der Waals surface area (Å²) in [6, 6.07) is 0. The summed E-state index contributed by atoms with van der Waals surface area (Å²) < 4.78 is 6.29. The molecule has 0 atom stereocenters. The Morgan fingerprint density at radius 2 is 2.18 bits per heavy atom. The van der Waals surface area contributed by atoms with Gasteiger partial charge in [-0.05, 0) is 41.9 Å². The van der Waals surface area contributed by atoms with Gasteiger partial charge in [0.15, 0.2) is 0 Å². The fourth-order valence-electron chi connectivity index (χ4n) is 1.63. The lowest BCUT2D eigenvalue weighted by Crippen LogP contribution is -2.10. The third kappa shape index (κ3) is 3.28. The second-order valence-electron chi connectivity index (χ2n) is 4.33. The Labute approximate surface area is 116 Å². The Bertz CT molecular complexity index is 394. The number of nitrogens with zero attached hydrogens (tertiary/aromatic N) is 2. The number of aromatic nitrogens is 2. The number of halogens is 1. The number of methoxy groups -OCH3 is 1. The van der Waals surface area contributed by atoms with Gasteiger partial charge in [-0.2, -0.15) is 0 Å². The average Bonchev–Trinajstić information content (AvgIpc) is 3.14. The highest BCUT2D eigenvalue weighted by atomic mass is 127. The van der Waals surface area contributed by atoms with Gasteiger partial charge in [-0.1, -0.05) is 6.92 Å². The molecule has 2 rings (SSSR count). The first-order valence-electron chi connectivity index (χ1n) is 6.05. The summed E-state index contributed by atoms with van der Waals surface area (Å²) in [5.74, 6) is 2.53. The van der Waals surface area contributed by atoms with Gasteiger partial charge < -0.3 is 10.1 Å². The van der Waals surface area contributed by atoms with E-state index in [0.717, 1.165) is 33.9 Å². The average molecular weight is 347 g/mol. The fourth-order valence-corrected chi connectivity index (χ4v) is 2.22. The lowest BCUT2D eigenvalue weighted by atomic mass is 10.3. The summed E-state index contributed by atoms with van der Waals surface area (Å²) in [5.41, 5.74) is 1.00. The fraction of sp³-hybridized carbons (Fsp3) is 0.667. The molecule has 1 aliphatic carbocycles. The molecular weight excluding hydrogens is 329 g/mol. The molecule has 17 heavy (non-hydrogen) atoms. The minimum absolute atomic E-state index is 0.557. The van der Waals surface area contributed by atoms with Crippen molar-refractivity contribution in [1.29, 1.82) is 0 Å². The van der Waals surface area contributed by atoms with Gasteiger partial charge >= 0.3 is 0 Å². The van der Waals surface area contributed by atoms with Crippen LogP contribution in [0.5, 0.6) is 0 Å². The zero-order valence-electron chi connectivity index (χ0n) is 10.3. The van der Waals surface area contributed by atoms with Crippen LogP contribution in [0, 0.1) is 3.57 Å². The first-order valence-corrected chi connectivity index (χ1v) is 7.13. The molecule has 1 aromatic heterocycles. The molecule has 0 aromatic carbocycles. The maximum absolute atomic E-state index is 5.20. The molecule has 0 spiro atoms. The zero-order chi connectivity index (χ0) is 12.3. The van der Waals surface area contributed by atoms with Gasteiger partial charge in [-0.25, -0.2) is 9.97 Å². The Hall–Kier alpha value is -0.430. The van der Waals surface area contributed by atoms with Gasteiger partial charge in [0, 0.05) is 19.6 Å². The van der Waals surface area contributed by atoms with Crippen LogP contribution in [0.3, 0.4) is 0 Å². The maximum Gasteiger partial charge on any atom is 0.143 e. The summed E-state index contributed by atoms with van der Waals surface area (Å²) in [4.78, 5) is 9.24. The van der Waals surface area contributed by atoms with Gasteiger partial charge in [-0.3, -0.25) is 0 Å². The van der Waals surface area contributed by atoms with Crippen molar-refractivity contribution in [3.8, 4) is 0 Å². The molecule has 0 bridgehead atoms. The molecular formula is C12H18IN3O. The van der Waals surface area contributed by atoms with E-state index in [2.05, 4.69) is 44.8 Å². The predicted octanol–water partition coefficient (Wildman–Crippen LogP) is 2.93. The molecule has 1 N–H and O–H groups in total. The lowest BCUT2D eigenvalue weighted by molar-refractivity contribution is 0.180. The largest absolute Gasteiger partial charge is 0.378 e. The topological polar surface area (TPSA) is 47.0 Å². The SMILES string of the molecule is CCCNc1nc(C2CC2)nc(COC)c1I. The van der Waals surface area contributed by atoms with Crippen LogP contribution in [0.4, 0.5) is 5.82 Å². The Morgan fingerprint density at radius 3 is 2.76 bits per heavy atom. The van der Waals surface area contributed by atoms with Crippen molar-refractivity contribution in [2.75, 3.05) is 19.0 Å². The normalized spacial score (nSPS) is 15.0. The quantitative estimate of drug-likeness (QED) is 0.804. The molecule has 1 heterocycles. The van der Waals surface area contributed by atoms with Crippen molar-refractivity contribution in [3.05, 3.63) is 15.1 Å².